The van der Waals surface area contributed by atoms with Gasteiger partial charge in [-0.25, -0.2) is 0 Å². The highest BCUT2D eigenvalue weighted by Gasteiger charge is 2.43. The molecular formula is C16H19N3O6. The second kappa shape index (κ2) is 7.16. The topological polar surface area (TPSA) is 120 Å². The molecule has 1 saturated carbocycles. The van der Waals surface area contributed by atoms with Gasteiger partial charge in [-0.2, -0.15) is 0 Å². The minimum Gasteiger partial charge on any atom is -0.347 e. The summed E-state index contributed by atoms with van der Waals surface area (Å²) >= 11 is 0. The first-order chi connectivity index (χ1) is 12.0. The van der Waals surface area contributed by atoms with Crippen molar-refractivity contribution in [1.29, 1.82) is 0 Å². The van der Waals surface area contributed by atoms with Crippen molar-refractivity contribution in [2.24, 2.45) is 0 Å². The van der Waals surface area contributed by atoms with Crippen LogP contribution in [-0.2, 0) is 19.1 Å². The maximum Gasteiger partial charge on any atom is 0.313 e. The molecule has 1 aliphatic carbocycles. The van der Waals surface area contributed by atoms with E-state index >= 15 is 0 Å². The SMILES string of the molecule is O=C(NCC1COC2(CCCC2)O1)C(=O)Nc1ccc([N+](=O)[O-])cc1. The molecule has 1 aromatic carbocycles. The molecule has 2 fully saturated rings. The van der Waals surface area contributed by atoms with Crippen molar-refractivity contribution in [3.05, 3.63) is 34.4 Å². The molecule has 1 saturated heterocycles. The Morgan fingerprint density at radius 3 is 2.52 bits per heavy atom. The Kier molecular flexibility index (Phi) is 4.95. The predicted molar refractivity (Wildman–Crippen MR) is 86.8 cm³/mol. The monoisotopic (exact) mass is 349 g/mol. The molecule has 0 radical (unpaired) electrons. The zero-order valence-electron chi connectivity index (χ0n) is 13.5. The number of carbonyl (C=O) groups is 2. The van der Waals surface area contributed by atoms with Crippen LogP contribution in [0.2, 0.25) is 0 Å². The van der Waals surface area contributed by atoms with E-state index in [4.69, 9.17) is 9.47 Å². The van der Waals surface area contributed by atoms with Gasteiger partial charge in [0.2, 0.25) is 0 Å². The molecule has 0 bridgehead atoms. The zero-order valence-corrected chi connectivity index (χ0v) is 13.5. The van der Waals surface area contributed by atoms with E-state index in [0.717, 1.165) is 25.7 Å². The summed E-state index contributed by atoms with van der Waals surface area (Å²) in [6.07, 6.45) is 3.58. The molecule has 1 unspecified atom stereocenters. The van der Waals surface area contributed by atoms with Gasteiger partial charge in [0.15, 0.2) is 5.79 Å². The van der Waals surface area contributed by atoms with E-state index in [1.807, 2.05) is 0 Å². The number of nitro benzene ring substituents is 1. The van der Waals surface area contributed by atoms with Gasteiger partial charge in [-0.15, -0.1) is 0 Å². The fourth-order valence-electron chi connectivity index (χ4n) is 3.03. The van der Waals surface area contributed by atoms with E-state index < -0.39 is 22.5 Å². The number of nitrogens with one attached hydrogen (secondary N) is 2. The minimum absolute atomic E-state index is 0.0957. The van der Waals surface area contributed by atoms with Crippen molar-refractivity contribution < 1.29 is 24.0 Å². The van der Waals surface area contributed by atoms with Crippen LogP contribution >= 0.6 is 0 Å². The largest absolute Gasteiger partial charge is 0.347 e. The Bertz CT molecular complexity index is 669. The highest BCUT2D eigenvalue weighted by atomic mass is 16.7. The summed E-state index contributed by atoms with van der Waals surface area (Å²) in [7, 11) is 0. The number of hydrogen-bond acceptors (Lipinski definition) is 6. The van der Waals surface area contributed by atoms with Gasteiger partial charge in [-0.05, 0) is 25.0 Å². The van der Waals surface area contributed by atoms with Crippen LogP contribution in [0.15, 0.2) is 24.3 Å². The van der Waals surface area contributed by atoms with E-state index in [2.05, 4.69) is 10.6 Å². The van der Waals surface area contributed by atoms with Crippen LogP contribution in [0.5, 0.6) is 0 Å². The van der Waals surface area contributed by atoms with Crippen molar-refractivity contribution >= 4 is 23.2 Å². The molecule has 1 aliphatic heterocycles. The Hall–Kier alpha value is -2.52. The highest BCUT2D eigenvalue weighted by molar-refractivity contribution is 6.39. The number of nitro groups is 1. The average molecular weight is 349 g/mol. The number of non-ortho nitro benzene ring substituents is 1. The van der Waals surface area contributed by atoms with Crippen LogP contribution in [0.3, 0.4) is 0 Å². The first kappa shape index (κ1) is 17.3. The molecule has 1 heterocycles. The average Bonchev–Trinajstić information content (AvgIpc) is 3.23. The lowest BCUT2D eigenvalue weighted by molar-refractivity contribution is -0.384. The van der Waals surface area contributed by atoms with Crippen LogP contribution in [-0.4, -0.2) is 41.8 Å². The summed E-state index contributed by atoms with van der Waals surface area (Å²) in [4.78, 5) is 33.8. The van der Waals surface area contributed by atoms with Gasteiger partial charge in [-0.1, -0.05) is 0 Å². The molecule has 1 aromatic rings. The fourth-order valence-corrected chi connectivity index (χ4v) is 3.03. The normalized spacial score (nSPS) is 21.2. The molecule has 134 valence electrons. The van der Waals surface area contributed by atoms with Gasteiger partial charge < -0.3 is 20.1 Å². The standard InChI is InChI=1S/C16H19N3O6/c20-14(15(21)18-11-3-5-12(6-4-11)19(22)23)17-9-13-10-24-16(25-13)7-1-2-8-16/h3-6,13H,1-2,7-10H2,(H,17,20)(H,18,21). The van der Waals surface area contributed by atoms with E-state index in [1.54, 1.807) is 0 Å². The maximum absolute atomic E-state index is 11.9. The molecule has 2 aliphatic rings. The predicted octanol–water partition coefficient (Wildman–Crippen LogP) is 1.34. The van der Waals surface area contributed by atoms with Crippen LogP contribution in [0.1, 0.15) is 25.7 Å². The van der Waals surface area contributed by atoms with E-state index in [1.165, 1.54) is 24.3 Å². The number of hydrogen-bond donors (Lipinski definition) is 2. The number of anilines is 1. The van der Waals surface area contributed by atoms with Gasteiger partial charge in [0.25, 0.3) is 5.69 Å². The lowest BCUT2D eigenvalue weighted by atomic mass is 10.2. The Labute approximate surface area is 143 Å². The van der Waals surface area contributed by atoms with Crippen LogP contribution < -0.4 is 10.6 Å². The molecule has 1 atom stereocenters. The van der Waals surface area contributed by atoms with Gasteiger partial charge >= 0.3 is 11.8 Å². The number of benzene rings is 1. The summed E-state index contributed by atoms with van der Waals surface area (Å²) < 4.78 is 11.6. The van der Waals surface area contributed by atoms with E-state index in [-0.39, 0.29) is 18.3 Å². The van der Waals surface area contributed by atoms with Crippen molar-refractivity contribution in [3.8, 4) is 0 Å². The smallest absolute Gasteiger partial charge is 0.313 e. The van der Waals surface area contributed by atoms with Gasteiger partial charge in [0, 0.05) is 37.2 Å². The third kappa shape index (κ3) is 4.12. The molecule has 3 rings (SSSR count). The summed E-state index contributed by atoms with van der Waals surface area (Å²) in [5.41, 5.74) is 0.206. The third-order valence-corrected chi connectivity index (χ3v) is 4.31. The van der Waals surface area contributed by atoms with Crippen molar-refractivity contribution in [3.63, 3.8) is 0 Å². The quantitative estimate of drug-likeness (QED) is 0.481. The molecule has 9 heteroatoms. The Morgan fingerprint density at radius 2 is 1.88 bits per heavy atom. The summed E-state index contributed by atoms with van der Waals surface area (Å²) in [6, 6.07) is 5.22. The number of carbonyl (C=O) groups excluding carboxylic acids is 2. The third-order valence-electron chi connectivity index (χ3n) is 4.31. The number of rotatable bonds is 4. The molecular weight excluding hydrogens is 330 g/mol. The van der Waals surface area contributed by atoms with Gasteiger partial charge in [-0.3, -0.25) is 19.7 Å². The van der Waals surface area contributed by atoms with Crippen molar-refractivity contribution in [2.45, 2.75) is 37.6 Å². The zero-order chi connectivity index (χ0) is 17.9. The van der Waals surface area contributed by atoms with Gasteiger partial charge in [0.05, 0.1) is 11.5 Å². The first-order valence-electron chi connectivity index (χ1n) is 8.13. The Balaban J connectivity index is 1.45. The van der Waals surface area contributed by atoms with Crippen molar-refractivity contribution in [2.75, 3.05) is 18.5 Å². The number of ether oxygens (including phenoxy) is 2. The number of amides is 2. The maximum atomic E-state index is 11.9. The summed E-state index contributed by atoms with van der Waals surface area (Å²) in [5.74, 6) is -2.14. The van der Waals surface area contributed by atoms with E-state index in [0.29, 0.717) is 12.3 Å². The highest BCUT2D eigenvalue weighted by Crippen LogP contribution is 2.38. The molecule has 9 nitrogen and oxygen atoms in total. The first-order valence-corrected chi connectivity index (χ1v) is 8.13. The fraction of sp³-hybridized carbons (Fsp3) is 0.500. The van der Waals surface area contributed by atoms with E-state index in [9.17, 15) is 19.7 Å². The second-order valence-corrected chi connectivity index (χ2v) is 6.14. The lowest BCUT2D eigenvalue weighted by Gasteiger charge is -2.21. The van der Waals surface area contributed by atoms with Crippen LogP contribution in [0.4, 0.5) is 11.4 Å². The minimum atomic E-state index is -0.844. The summed E-state index contributed by atoms with van der Waals surface area (Å²) in [5, 5.41) is 15.5. The molecule has 2 amide bonds. The van der Waals surface area contributed by atoms with Crippen LogP contribution in [0.25, 0.3) is 0 Å². The molecule has 0 aromatic heterocycles. The Morgan fingerprint density at radius 1 is 1.20 bits per heavy atom. The van der Waals surface area contributed by atoms with Crippen LogP contribution in [0, 0.1) is 10.1 Å². The second-order valence-electron chi connectivity index (χ2n) is 6.14. The molecule has 2 N–H and O–H groups in total. The molecule has 25 heavy (non-hydrogen) atoms. The lowest BCUT2D eigenvalue weighted by Crippen LogP contribution is -2.40. The van der Waals surface area contributed by atoms with Gasteiger partial charge in [0.1, 0.15) is 6.10 Å². The number of nitrogens with zero attached hydrogens (tertiary/aromatic N) is 1. The molecule has 1 spiro atoms. The summed E-state index contributed by atoms with van der Waals surface area (Å²) in [6.45, 7) is 0.582. The van der Waals surface area contributed by atoms with Crippen molar-refractivity contribution in [1.82, 2.24) is 5.32 Å².